The van der Waals surface area contributed by atoms with Gasteiger partial charge in [-0.2, -0.15) is 0 Å². The van der Waals surface area contributed by atoms with Gasteiger partial charge in [-0.25, -0.2) is 19.4 Å². The van der Waals surface area contributed by atoms with Crippen LogP contribution < -0.4 is 4.90 Å². The van der Waals surface area contributed by atoms with Crippen LogP contribution in [-0.2, 0) is 0 Å². The number of urea groups is 2. The second-order valence-electron chi connectivity index (χ2n) is 4.60. The Morgan fingerprint density at radius 2 is 1.81 bits per heavy atom. The summed E-state index contributed by atoms with van der Waals surface area (Å²) in [5.41, 5.74) is 0.722. The van der Waals surface area contributed by atoms with Gasteiger partial charge in [-0.1, -0.05) is 23.4 Å². The molecule has 0 aromatic heterocycles. The van der Waals surface area contributed by atoms with Crippen LogP contribution in [0.3, 0.4) is 0 Å². The van der Waals surface area contributed by atoms with Crippen molar-refractivity contribution in [1.82, 2.24) is 9.80 Å². The monoisotopic (exact) mass is 323 g/mol. The van der Waals surface area contributed by atoms with Crippen molar-refractivity contribution < 1.29 is 9.59 Å². The number of nitrogens with zero attached hydrogens (tertiary/aromatic N) is 3. The number of imide groups is 1. The van der Waals surface area contributed by atoms with Gasteiger partial charge in [0.2, 0.25) is 0 Å². The van der Waals surface area contributed by atoms with E-state index < -0.39 is 0 Å². The smallest absolute Gasteiger partial charge is 0.279 e. The van der Waals surface area contributed by atoms with E-state index in [1.165, 1.54) is 16.7 Å². The predicted octanol–water partition coefficient (Wildman–Crippen LogP) is 3.95. The Kier molecular flexibility index (Phi) is 3.59. The molecule has 2 aliphatic heterocycles. The van der Waals surface area contributed by atoms with Gasteiger partial charge in [0.25, 0.3) is 0 Å². The molecule has 2 heterocycles. The van der Waals surface area contributed by atoms with E-state index in [0.29, 0.717) is 23.9 Å². The first-order chi connectivity index (χ1) is 10.1. The van der Waals surface area contributed by atoms with Crippen LogP contribution in [0.25, 0.3) is 0 Å². The van der Waals surface area contributed by atoms with E-state index in [4.69, 9.17) is 11.6 Å². The lowest BCUT2D eigenvalue weighted by atomic mass is 10.2. The molecule has 110 valence electrons. The number of hydrogen-bond acceptors (Lipinski definition) is 3. The standard InChI is InChI=1S/C14H14ClN3O2S/c1-3-16-12-8-21-11-6-5-9(15)7-10(11)18(12)14(20)17(4-2)13(16)19/h5-8H,3-4H2,1-2H3. The van der Waals surface area contributed by atoms with E-state index in [0.717, 1.165) is 10.6 Å². The highest BCUT2D eigenvalue weighted by Gasteiger charge is 2.42. The second kappa shape index (κ2) is 5.27. The van der Waals surface area contributed by atoms with Gasteiger partial charge in [0.05, 0.1) is 5.69 Å². The Bertz CT molecular complexity index is 662. The van der Waals surface area contributed by atoms with E-state index in [2.05, 4.69) is 0 Å². The van der Waals surface area contributed by atoms with Crippen molar-refractivity contribution in [2.75, 3.05) is 18.0 Å². The molecule has 21 heavy (non-hydrogen) atoms. The minimum Gasteiger partial charge on any atom is -0.279 e. The fourth-order valence-corrected chi connectivity index (χ4v) is 3.51. The SMILES string of the molecule is CCN1C(=O)N(CC)C2=CSc3ccc(Cl)cc3N2C1=O. The van der Waals surface area contributed by atoms with E-state index in [-0.39, 0.29) is 12.1 Å². The summed E-state index contributed by atoms with van der Waals surface area (Å²) in [6.45, 7) is 4.51. The molecule has 0 saturated carbocycles. The number of benzene rings is 1. The summed E-state index contributed by atoms with van der Waals surface area (Å²) >= 11 is 7.55. The lowest BCUT2D eigenvalue weighted by Gasteiger charge is -2.43. The molecular formula is C14H14ClN3O2S. The van der Waals surface area contributed by atoms with Gasteiger partial charge >= 0.3 is 12.1 Å². The zero-order valence-electron chi connectivity index (χ0n) is 11.7. The first-order valence-corrected chi connectivity index (χ1v) is 7.93. The highest BCUT2D eigenvalue weighted by molar-refractivity contribution is 8.02. The Morgan fingerprint density at radius 1 is 1.10 bits per heavy atom. The second-order valence-corrected chi connectivity index (χ2v) is 5.94. The molecule has 0 atom stereocenters. The Hall–Kier alpha value is -1.66. The third-order valence-electron chi connectivity index (χ3n) is 3.48. The zero-order valence-corrected chi connectivity index (χ0v) is 13.2. The van der Waals surface area contributed by atoms with Crippen LogP contribution in [0, 0.1) is 0 Å². The molecule has 2 aliphatic rings. The number of hydrogen-bond donors (Lipinski definition) is 0. The molecule has 4 amide bonds. The van der Waals surface area contributed by atoms with Gasteiger partial charge in [0, 0.05) is 28.4 Å². The van der Waals surface area contributed by atoms with Crippen LogP contribution in [0.4, 0.5) is 15.3 Å². The summed E-state index contributed by atoms with van der Waals surface area (Å²) in [4.78, 5) is 30.3. The van der Waals surface area contributed by atoms with Crippen molar-refractivity contribution in [3.63, 3.8) is 0 Å². The molecule has 0 unspecified atom stereocenters. The molecule has 1 aromatic rings. The lowest BCUT2D eigenvalue weighted by Crippen LogP contribution is -2.59. The van der Waals surface area contributed by atoms with Crippen LogP contribution in [0.15, 0.2) is 34.3 Å². The van der Waals surface area contributed by atoms with Gasteiger partial charge in [-0.15, -0.1) is 0 Å². The molecule has 0 N–H and O–H groups in total. The topological polar surface area (TPSA) is 43.9 Å². The van der Waals surface area contributed by atoms with Gasteiger partial charge in [-0.3, -0.25) is 4.90 Å². The van der Waals surface area contributed by atoms with Crippen molar-refractivity contribution in [2.24, 2.45) is 0 Å². The summed E-state index contributed by atoms with van der Waals surface area (Å²) in [5.74, 6) is 0.594. The van der Waals surface area contributed by atoms with Crippen LogP contribution >= 0.6 is 23.4 Å². The molecule has 1 fully saturated rings. The fourth-order valence-electron chi connectivity index (χ4n) is 2.46. The normalized spacial score (nSPS) is 17.7. The number of rotatable bonds is 2. The molecule has 3 rings (SSSR count). The highest BCUT2D eigenvalue weighted by Crippen LogP contribution is 2.43. The number of anilines is 1. The largest absolute Gasteiger partial charge is 0.338 e. The van der Waals surface area contributed by atoms with Crippen molar-refractivity contribution in [3.05, 3.63) is 34.5 Å². The summed E-state index contributed by atoms with van der Waals surface area (Å²) in [6.07, 6.45) is 0. The maximum absolute atomic E-state index is 12.6. The summed E-state index contributed by atoms with van der Waals surface area (Å²) < 4.78 is 0. The first kappa shape index (κ1) is 14.3. The number of carbonyl (C=O) groups excluding carboxylic acids is 2. The van der Waals surface area contributed by atoms with Crippen LogP contribution in [0.2, 0.25) is 5.02 Å². The van der Waals surface area contributed by atoms with Crippen LogP contribution in [0.1, 0.15) is 13.8 Å². The predicted molar refractivity (Wildman–Crippen MR) is 83.4 cm³/mol. The first-order valence-electron chi connectivity index (χ1n) is 6.68. The van der Waals surface area contributed by atoms with E-state index in [1.807, 2.05) is 18.4 Å². The van der Waals surface area contributed by atoms with Crippen LogP contribution in [0.5, 0.6) is 0 Å². The number of carbonyl (C=O) groups is 2. The minimum atomic E-state index is -0.331. The number of halogens is 1. The minimum absolute atomic E-state index is 0.279. The average molecular weight is 324 g/mol. The molecule has 5 nitrogen and oxygen atoms in total. The molecule has 0 aliphatic carbocycles. The third kappa shape index (κ3) is 2.10. The molecular weight excluding hydrogens is 310 g/mol. The molecule has 0 spiro atoms. The van der Waals surface area contributed by atoms with Crippen molar-refractivity contribution in [1.29, 1.82) is 0 Å². The quantitative estimate of drug-likeness (QED) is 0.827. The number of fused-ring (bicyclic) bond motifs is 3. The van der Waals surface area contributed by atoms with Crippen molar-refractivity contribution in [2.45, 2.75) is 18.7 Å². The van der Waals surface area contributed by atoms with E-state index in [9.17, 15) is 9.59 Å². The van der Waals surface area contributed by atoms with E-state index in [1.54, 1.807) is 28.9 Å². The van der Waals surface area contributed by atoms with Gasteiger partial charge in [-0.05, 0) is 32.0 Å². The Labute approximate surface area is 132 Å². The Morgan fingerprint density at radius 3 is 2.48 bits per heavy atom. The molecule has 1 saturated heterocycles. The fraction of sp³-hybridized carbons (Fsp3) is 0.286. The third-order valence-corrected chi connectivity index (χ3v) is 4.64. The van der Waals surface area contributed by atoms with Gasteiger partial charge in [0.15, 0.2) is 0 Å². The van der Waals surface area contributed by atoms with Crippen molar-refractivity contribution in [3.8, 4) is 0 Å². The van der Waals surface area contributed by atoms with Crippen molar-refractivity contribution >= 4 is 41.1 Å². The highest BCUT2D eigenvalue weighted by atomic mass is 35.5. The van der Waals surface area contributed by atoms with Gasteiger partial charge < -0.3 is 0 Å². The molecule has 7 heteroatoms. The molecule has 0 bridgehead atoms. The Balaban J connectivity index is 2.14. The number of amides is 4. The van der Waals surface area contributed by atoms with Crippen LogP contribution in [-0.4, -0.2) is 35.0 Å². The molecule has 0 radical (unpaired) electrons. The number of thioether (sulfide) groups is 1. The van der Waals surface area contributed by atoms with E-state index >= 15 is 0 Å². The lowest BCUT2D eigenvalue weighted by molar-refractivity contribution is 0.158. The molecule has 1 aromatic carbocycles. The summed E-state index contributed by atoms with van der Waals surface area (Å²) in [5, 5.41) is 2.40. The maximum Gasteiger partial charge on any atom is 0.338 e. The maximum atomic E-state index is 12.6. The summed E-state index contributed by atoms with van der Waals surface area (Å²) in [7, 11) is 0. The average Bonchev–Trinajstić information content (AvgIpc) is 2.47. The zero-order chi connectivity index (χ0) is 15.1. The van der Waals surface area contributed by atoms with Gasteiger partial charge in [0.1, 0.15) is 5.82 Å². The summed E-state index contributed by atoms with van der Waals surface area (Å²) in [6, 6.07) is 4.82.